The maximum atomic E-state index is 12.3. The van der Waals surface area contributed by atoms with Crippen LogP contribution < -0.4 is 25.8 Å². The SMILES string of the molecule is CC(C)COc1ccc(OC2CCN(CC(=O)N[C@H](CO)CN/C=C(\N)[N+](=O)[O-])CC2)cc1. The van der Waals surface area contributed by atoms with Crippen LogP contribution >= 0.6 is 0 Å². The van der Waals surface area contributed by atoms with E-state index in [4.69, 9.17) is 15.2 Å². The fraction of sp³-hybridized carbons (Fsp3) is 0.591. The van der Waals surface area contributed by atoms with Crippen LogP contribution in [-0.2, 0) is 4.79 Å². The van der Waals surface area contributed by atoms with Gasteiger partial charge >= 0.3 is 5.82 Å². The van der Waals surface area contributed by atoms with Crippen molar-refractivity contribution in [3.63, 3.8) is 0 Å². The molecule has 0 spiro atoms. The first kappa shape index (κ1) is 26.2. The van der Waals surface area contributed by atoms with Gasteiger partial charge in [-0.15, -0.1) is 0 Å². The Morgan fingerprint density at radius 2 is 1.94 bits per heavy atom. The number of nitrogens with zero attached hydrogens (tertiary/aromatic N) is 2. The van der Waals surface area contributed by atoms with Gasteiger partial charge in [-0.1, -0.05) is 13.8 Å². The molecule has 11 heteroatoms. The van der Waals surface area contributed by atoms with Crippen LogP contribution in [0, 0.1) is 16.0 Å². The molecule has 1 aliphatic heterocycles. The number of hydrogen-bond donors (Lipinski definition) is 4. The molecular formula is C22H35N5O6. The summed E-state index contributed by atoms with van der Waals surface area (Å²) in [6.45, 7) is 6.34. The Hall–Kier alpha value is -3.05. The van der Waals surface area contributed by atoms with Crippen molar-refractivity contribution in [2.45, 2.75) is 38.8 Å². The predicted octanol–water partition coefficient (Wildman–Crippen LogP) is 0.666. The van der Waals surface area contributed by atoms with E-state index in [0.717, 1.165) is 43.6 Å². The predicted molar refractivity (Wildman–Crippen MR) is 123 cm³/mol. The van der Waals surface area contributed by atoms with Crippen molar-refractivity contribution in [1.82, 2.24) is 15.5 Å². The van der Waals surface area contributed by atoms with E-state index in [0.29, 0.717) is 12.5 Å². The van der Waals surface area contributed by atoms with Crippen LogP contribution in [0.2, 0.25) is 0 Å². The number of carbonyl (C=O) groups excluding carboxylic acids is 1. The highest BCUT2D eigenvalue weighted by molar-refractivity contribution is 5.78. The molecule has 0 aliphatic carbocycles. The van der Waals surface area contributed by atoms with Crippen LogP contribution in [-0.4, -0.2) is 72.4 Å². The number of benzene rings is 1. The molecule has 0 radical (unpaired) electrons. The summed E-state index contributed by atoms with van der Waals surface area (Å²) in [6, 6.07) is 7.05. The number of carbonyl (C=O) groups is 1. The first-order chi connectivity index (χ1) is 15.8. The number of aliphatic hydroxyl groups is 1. The third-order valence-corrected chi connectivity index (χ3v) is 5.02. The summed E-state index contributed by atoms with van der Waals surface area (Å²) < 4.78 is 11.7. The molecule has 1 fully saturated rings. The number of aliphatic hydroxyl groups excluding tert-OH is 1. The molecule has 11 nitrogen and oxygen atoms in total. The zero-order valence-corrected chi connectivity index (χ0v) is 19.2. The Morgan fingerprint density at radius 3 is 2.52 bits per heavy atom. The molecule has 0 saturated carbocycles. The van der Waals surface area contributed by atoms with Crippen molar-refractivity contribution in [1.29, 1.82) is 0 Å². The van der Waals surface area contributed by atoms with E-state index in [1.165, 1.54) is 0 Å². The Morgan fingerprint density at radius 1 is 1.30 bits per heavy atom. The lowest BCUT2D eigenvalue weighted by molar-refractivity contribution is -0.426. The summed E-state index contributed by atoms with van der Waals surface area (Å²) in [4.78, 5) is 24.1. The van der Waals surface area contributed by atoms with Gasteiger partial charge in [0.2, 0.25) is 5.91 Å². The summed E-state index contributed by atoms with van der Waals surface area (Å²) in [5.74, 6) is 1.33. The van der Waals surface area contributed by atoms with Gasteiger partial charge < -0.3 is 35.3 Å². The Labute approximate surface area is 194 Å². The largest absolute Gasteiger partial charge is 0.493 e. The first-order valence-corrected chi connectivity index (χ1v) is 11.1. The summed E-state index contributed by atoms with van der Waals surface area (Å²) in [5.41, 5.74) is 5.18. The molecule has 33 heavy (non-hydrogen) atoms. The van der Waals surface area contributed by atoms with Crippen LogP contribution in [0.25, 0.3) is 0 Å². The number of ether oxygens (including phenoxy) is 2. The van der Waals surface area contributed by atoms with Gasteiger partial charge in [0.25, 0.3) is 0 Å². The second-order valence-corrected chi connectivity index (χ2v) is 8.45. The molecule has 1 aromatic carbocycles. The molecule has 184 valence electrons. The minimum atomic E-state index is -0.732. The summed E-state index contributed by atoms with van der Waals surface area (Å²) >= 11 is 0. The van der Waals surface area contributed by atoms with Crippen molar-refractivity contribution in [2.75, 3.05) is 39.4 Å². The Balaban J connectivity index is 1.69. The third-order valence-electron chi connectivity index (χ3n) is 5.02. The smallest absolute Gasteiger partial charge is 0.329 e. The number of rotatable bonds is 13. The van der Waals surface area contributed by atoms with Gasteiger partial charge in [0.15, 0.2) is 0 Å². The van der Waals surface area contributed by atoms with E-state index in [1.807, 2.05) is 29.2 Å². The molecule has 2 rings (SSSR count). The minimum Gasteiger partial charge on any atom is -0.493 e. The van der Waals surface area contributed by atoms with Gasteiger partial charge in [-0.3, -0.25) is 15.4 Å². The monoisotopic (exact) mass is 465 g/mol. The number of amides is 1. The molecule has 0 unspecified atom stereocenters. The van der Waals surface area contributed by atoms with E-state index in [2.05, 4.69) is 24.5 Å². The molecular weight excluding hydrogens is 430 g/mol. The molecule has 0 aromatic heterocycles. The van der Waals surface area contributed by atoms with Gasteiger partial charge in [0.1, 0.15) is 17.6 Å². The van der Waals surface area contributed by atoms with Gasteiger partial charge in [-0.25, -0.2) is 0 Å². The number of hydrogen-bond acceptors (Lipinski definition) is 9. The lowest BCUT2D eigenvalue weighted by Crippen LogP contribution is -2.49. The summed E-state index contributed by atoms with van der Waals surface area (Å²) in [7, 11) is 0. The molecule has 1 aliphatic rings. The standard InChI is InChI=1S/C22H35N5O6/c1-16(2)15-32-18-3-5-19(6-4-18)33-20-7-9-26(10-8-20)13-22(29)25-17(14-28)11-24-12-21(23)27(30)31/h3-6,12,16-17,20,24,28H,7-11,13-15,23H2,1-2H3,(H,25,29)/b21-12+/t17-/m0/s1. The molecule has 1 heterocycles. The maximum absolute atomic E-state index is 12.3. The van der Waals surface area contributed by atoms with E-state index in [1.54, 1.807) is 0 Å². The van der Waals surface area contributed by atoms with Gasteiger partial charge in [0, 0.05) is 19.6 Å². The lowest BCUT2D eigenvalue weighted by Gasteiger charge is -2.32. The second kappa shape index (κ2) is 13.5. The van der Waals surface area contributed by atoms with Crippen molar-refractivity contribution in [3.8, 4) is 11.5 Å². The highest BCUT2D eigenvalue weighted by Crippen LogP contribution is 2.22. The van der Waals surface area contributed by atoms with Crippen molar-refractivity contribution in [3.05, 3.63) is 46.4 Å². The van der Waals surface area contributed by atoms with Gasteiger partial charge in [0.05, 0.1) is 32.0 Å². The fourth-order valence-corrected chi connectivity index (χ4v) is 3.25. The summed E-state index contributed by atoms with van der Waals surface area (Å²) in [6.07, 6.45) is 2.72. The average Bonchev–Trinajstić information content (AvgIpc) is 2.79. The van der Waals surface area contributed by atoms with Gasteiger partial charge in [-0.2, -0.15) is 0 Å². The molecule has 1 amide bonds. The van der Waals surface area contributed by atoms with Crippen LogP contribution in [0.15, 0.2) is 36.3 Å². The number of likely N-dealkylation sites (tertiary alicyclic amines) is 1. The highest BCUT2D eigenvalue weighted by atomic mass is 16.6. The zero-order chi connectivity index (χ0) is 24.2. The molecule has 1 aromatic rings. The van der Waals surface area contributed by atoms with E-state index >= 15 is 0 Å². The maximum Gasteiger partial charge on any atom is 0.329 e. The number of nitrogens with two attached hydrogens (primary N) is 1. The average molecular weight is 466 g/mol. The Kier molecular flexibility index (Phi) is 10.7. The van der Waals surface area contributed by atoms with E-state index < -0.39 is 16.8 Å². The Bertz CT molecular complexity index is 778. The first-order valence-electron chi connectivity index (χ1n) is 11.1. The quantitative estimate of drug-likeness (QED) is 0.243. The topological polar surface area (TPSA) is 152 Å². The minimum absolute atomic E-state index is 0.0833. The third kappa shape index (κ3) is 9.96. The number of nitrogens with one attached hydrogen (secondary N) is 2. The van der Waals surface area contributed by atoms with Crippen LogP contribution in [0.3, 0.4) is 0 Å². The van der Waals surface area contributed by atoms with Gasteiger partial charge in [-0.05, 0) is 47.9 Å². The molecule has 5 N–H and O–H groups in total. The van der Waals surface area contributed by atoms with Crippen LogP contribution in [0.1, 0.15) is 26.7 Å². The van der Waals surface area contributed by atoms with Crippen molar-refractivity contribution in [2.24, 2.45) is 11.7 Å². The lowest BCUT2D eigenvalue weighted by atomic mass is 10.1. The fourth-order valence-electron chi connectivity index (χ4n) is 3.25. The number of nitro groups is 1. The van der Waals surface area contributed by atoms with Crippen molar-refractivity contribution >= 4 is 5.91 Å². The number of piperidine rings is 1. The molecule has 1 atom stereocenters. The molecule has 1 saturated heterocycles. The second-order valence-electron chi connectivity index (χ2n) is 8.45. The van der Waals surface area contributed by atoms with Crippen LogP contribution in [0.4, 0.5) is 0 Å². The van der Waals surface area contributed by atoms with Crippen molar-refractivity contribution < 1.29 is 24.3 Å². The molecule has 0 bridgehead atoms. The normalized spacial score (nSPS) is 16.3. The van der Waals surface area contributed by atoms with E-state index in [-0.39, 0.29) is 31.7 Å². The zero-order valence-electron chi connectivity index (χ0n) is 19.2. The summed E-state index contributed by atoms with van der Waals surface area (Å²) in [5, 5.41) is 25.2. The van der Waals surface area contributed by atoms with E-state index in [9.17, 15) is 20.0 Å². The van der Waals surface area contributed by atoms with Crippen LogP contribution in [0.5, 0.6) is 11.5 Å². The highest BCUT2D eigenvalue weighted by Gasteiger charge is 2.23.